The maximum absolute atomic E-state index is 11.6. The molecule has 68 valence electrons. The zero-order valence-electron chi connectivity index (χ0n) is 7.55. The molecule has 13 heavy (non-hydrogen) atoms. The average Bonchev–Trinajstić information content (AvgIpc) is 2.28. The van der Waals surface area contributed by atoms with Crippen molar-refractivity contribution in [2.75, 3.05) is 5.73 Å². The summed E-state index contributed by atoms with van der Waals surface area (Å²) in [5.41, 5.74) is 8.43. The van der Waals surface area contributed by atoms with E-state index in [1.54, 1.807) is 0 Å². The molecule has 2 rings (SSSR count). The van der Waals surface area contributed by atoms with Crippen LogP contribution >= 0.6 is 0 Å². The number of nitrogens with two attached hydrogens (primary N) is 1. The Morgan fingerprint density at radius 1 is 1.15 bits per heavy atom. The molecule has 1 aromatic rings. The second kappa shape index (κ2) is 3.21. The Kier molecular flexibility index (Phi) is 2.05. The van der Waals surface area contributed by atoms with Crippen molar-refractivity contribution < 1.29 is 4.79 Å². The van der Waals surface area contributed by atoms with Crippen molar-refractivity contribution in [2.45, 2.75) is 25.7 Å². The number of nitrogen functional groups attached to an aromatic ring is 1. The Morgan fingerprint density at radius 3 is 2.77 bits per heavy atom. The zero-order valence-corrected chi connectivity index (χ0v) is 7.55. The predicted molar refractivity (Wildman–Crippen MR) is 52.7 cm³/mol. The van der Waals surface area contributed by atoms with E-state index in [4.69, 9.17) is 5.73 Å². The van der Waals surface area contributed by atoms with E-state index in [9.17, 15) is 4.79 Å². The molecule has 0 atom stereocenters. The van der Waals surface area contributed by atoms with Gasteiger partial charge in [0.2, 0.25) is 0 Å². The van der Waals surface area contributed by atoms with Crippen LogP contribution in [0.1, 0.15) is 35.2 Å². The van der Waals surface area contributed by atoms with Gasteiger partial charge in [-0.1, -0.05) is 0 Å². The highest BCUT2D eigenvalue weighted by atomic mass is 16.1. The Hall–Kier alpha value is -1.31. The highest BCUT2D eigenvalue weighted by molar-refractivity contribution is 5.98. The van der Waals surface area contributed by atoms with E-state index in [0.29, 0.717) is 6.42 Å². The number of rotatable bonds is 0. The third kappa shape index (κ3) is 1.57. The second-order valence-corrected chi connectivity index (χ2v) is 3.55. The van der Waals surface area contributed by atoms with Gasteiger partial charge in [0.05, 0.1) is 0 Å². The topological polar surface area (TPSA) is 43.1 Å². The fourth-order valence-electron chi connectivity index (χ4n) is 1.83. The van der Waals surface area contributed by atoms with Crippen LogP contribution in [-0.2, 0) is 6.42 Å². The molecule has 0 saturated carbocycles. The minimum atomic E-state index is 0.271. The van der Waals surface area contributed by atoms with Gasteiger partial charge in [-0.2, -0.15) is 0 Å². The van der Waals surface area contributed by atoms with Crippen LogP contribution in [0.25, 0.3) is 0 Å². The van der Waals surface area contributed by atoms with E-state index in [0.717, 1.165) is 36.1 Å². The third-order valence-electron chi connectivity index (χ3n) is 2.53. The van der Waals surface area contributed by atoms with E-state index in [1.165, 1.54) is 0 Å². The first-order valence-electron chi connectivity index (χ1n) is 4.69. The summed E-state index contributed by atoms with van der Waals surface area (Å²) >= 11 is 0. The van der Waals surface area contributed by atoms with Gasteiger partial charge in [0.1, 0.15) is 0 Å². The molecule has 1 aliphatic rings. The lowest BCUT2D eigenvalue weighted by Gasteiger charge is -2.04. The first kappa shape index (κ1) is 8.30. The number of aryl methyl sites for hydroxylation is 1. The highest BCUT2D eigenvalue weighted by Gasteiger charge is 2.14. The smallest absolute Gasteiger partial charge is 0.163 e. The van der Waals surface area contributed by atoms with Crippen molar-refractivity contribution in [1.82, 2.24) is 0 Å². The standard InChI is InChI=1S/C11H13NO/c12-9-5-6-10-8(7-9)3-1-2-4-11(10)13/h5-7H,1-4,12H2. The number of hydrogen-bond acceptors (Lipinski definition) is 2. The molecule has 0 radical (unpaired) electrons. The van der Waals surface area contributed by atoms with Crippen molar-refractivity contribution in [1.29, 1.82) is 0 Å². The quantitative estimate of drug-likeness (QED) is 0.485. The maximum Gasteiger partial charge on any atom is 0.163 e. The van der Waals surface area contributed by atoms with Crippen LogP contribution < -0.4 is 5.73 Å². The Balaban J connectivity index is 2.48. The molecule has 1 aromatic carbocycles. The molecule has 0 aromatic heterocycles. The molecule has 2 N–H and O–H groups in total. The van der Waals surface area contributed by atoms with Gasteiger partial charge in [-0.3, -0.25) is 4.79 Å². The second-order valence-electron chi connectivity index (χ2n) is 3.55. The Morgan fingerprint density at radius 2 is 1.92 bits per heavy atom. The lowest BCUT2D eigenvalue weighted by Crippen LogP contribution is -2.00. The summed E-state index contributed by atoms with van der Waals surface area (Å²) in [6.07, 6.45) is 3.79. The Bertz CT molecular complexity index is 344. The number of benzene rings is 1. The third-order valence-corrected chi connectivity index (χ3v) is 2.53. The van der Waals surface area contributed by atoms with E-state index < -0.39 is 0 Å². The predicted octanol–water partition coefficient (Wildman–Crippen LogP) is 2.18. The van der Waals surface area contributed by atoms with Gasteiger partial charge >= 0.3 is 0 Å². The molecule has 0 heterocycles. The lowest BCUT2D eigenvalue weighted by molar-refractivity contribution is 0.0982. The SMILES string of the molecule is Nc1ccc2c(c1)CCCCC2=O. The van der Waals surface area contributed by atoms with Gasteiger partial charge in [0.25, 0.3) is 0 Å². The van der Waals surface area contributed by atoms with Gasteiger partial charge in [-0.25, -0.2) is 0 Å². The van der Waals surface area contributed by atoms with Crippen LogP contribution in [0.5, 0.6) is 0 Å². The van der Waals surface area contributed by atoms with E-state index >= 15 is 0 Å². The van der Waals surface area contributed by atoms with Crippen molar-refractivity contribution >= 4 is 11.5 Å². The fourth-order valence-corrected chi connectivity index (χ4v) is 1.83. The van der Waals surface area contributed by atoms with Crippen molar-refractivity contribution in [3.8, 4) is 0 Å². The Labute approximate surface area is 77.8 Å². The minimum absolute atomic E-state index is 0.271. The van der Waals surface area contributed by atoms with Gasteiger partial charge in [-0.05, 0) is 43.0 Å². The molecular formula is C11H13NO. The number of carbonyl (C=O) groups excluding carboxylic acids is 1. The van der Waals surface area contributed by atoms with Gasteiger partial charge < -0.3 is 5.73 Å². The molecule has 0 unspecified atom stereocenters. The highest BCUT2D eigenvalue weighted by Crippen LogP contribution is 2.22. The van der Waals surface area contributed by atoms with E-state index in [-0.39, 0.29) is 5.78 Å². The summed E-state index contributed by atoms with van der Waals surface area (Å²) in [4.78, 5) is 11.6. The van der Waals surface area contributed by atoms with E-state index in [2.05, 4.69) is 0 Å². The number of anilines is 1. The monoisotopic (exact) mass is 175 g/mol. The molecule has 0 spiro atoms. The normalized spacial score (nSPS) is 16.5. The minimum Gasteiger partial charge on any atom is -0.399 e. The summed E-state index contributed by atoms with van der Waals surface area (Å²) in [6.45, 7) is 0. The molecule has 2 nitrogen and oxygen atoms in total. The van der Waals surface area contributed by atoms with Crippen molar-refractivity contribution in [2.24, 2.45) is 0 Å². The van der Waals surface area contributed by atoms with Gasteiger partial charge in [0.15, 0.2) is 5.78 Å². The summed E-state index contributed by atoms with van der Waals surface area (Å²) in [5, 5.41) is 0. The first-order valence-corrected chi connectivity index (χ1v) is 4.69. The van der Waals surface area contributed by atoms with Crippen LogP contribution in [0.3, 0.4) is 0 Å². The van der Waals surface area contributed by atoms with Crippen molar-refractivity contribution in [3.63, 3.8) is 0 Å². The van der Waals surface area contributed by atoms with Crippen molar-refractivity contribution in [3.05, 3.63) is 29.3 Å². The molecule has 0 saturated heterocycles. The van der Waals surface area contributed by atoms with Crippen LogP contribution in [-0.4, -0.2) is 5.78 Å². The van der Waals surface area contributed by atoms with Crippen LogP contribution in [0, 0.1) is 0 Å². The molecule has 0 amide bonds. The van der Waals surface area contributed by atoms with Gasteiger partial charge in [0, 0.05) is 17.7 Å². The summed E-state index contributed by atoms with van der Waals surface area (Å²) in [6, 6.07) is 5.60. The number of Topliss-reactive ketones (excluding diaryl/α,β-unsaturated/α-hetero) is 1. The lowest BCUT2D eigenvalue weighted by atomic mass is 10.0. The molecule has 0 bridgehead atoms. The number of carbonyl (C=O) groups is 1. The largest absolute Gasteiger partial charge is 0.399 e. The molecule has 2 heteroatoms. The van der Waals surface area contributed by atoms with Gasteiger partial charge in [-0.15, -0.1) is 0 Å². The summed E-state index contributed by atoms with van der Waals surface area (Å²) in [7, 11) is 0. The number of ketones is 1. The number of hydrogen-bond donors (Lipinski definition) is 1. The molecule has 0 aliphatic heterocycles. The number of fused-ring (bicyclic) bond motifs is 1. The van der Waals surface area contributed by atoms with Crippen LogP contribution in [0.15, 0.2) is 18.2 Å². The maximum atomic E-state index is 11.6. The zero-order chi connectivity index (χ0) is 9.26. The van der Waals surface area contributed by atoms with Crippen LogP contribution in [0.2, 0.25) is 0 Å². The van der Waals surface area contributed by atoms with Crippen LogP contribution in [0.4, 0.5) is 5.69 Å². The van der Waals surface area contributed by atoms with E-state index in [1.807, 2.05) is 18.2 Å². The average molecular weight is 175 g/mol. The first-order chi connectivity index (χ1) is 6.27. The molecule has 1 aliphatic carbocycles. The fraction of sp³-hybridized carbons (Fsp3) is 0.364. The molecular weight excluding hydrogens is 162 g/mol. The summed E-state index contributed by atoms with van der Waals surface area (Å²) < 4.78 is 0. The summed E-state index contributed by atoms with van der Waals surface area (Å²) in [5.74, 6) is 0.271. The molecule has 0 fully saturated rings.